The summed E-state index contributed by atoms with van der Waals surface area (Å²) in [6.07, 6.45) is 0. The summed E-state index contributed by atoms with van der Waals surface area (Å²) in [7, 11) is 1.94. The molecule has 0 unspecified atom stereocenters. The topological polar surface area (TPSA) is 38.1 Å². The SMILES string of the molecule is Cc1cc(-c2ccccc2)cc2c1nc(CO)n2C. The highest BCUT2D eigenvalue weighted by atomic mass is 16.3. The van der Waals surface area contributed by atoms with Crippen LogP contribution in [0.3, 0.4) is 0 Å². The fraction of sp³-hybridized carbons (Fsp3) is 0.188. The van der Waals surface area contributed by atoms with Crippen molar-refractivity contribution in [3.63, 3.8) is 0 Å². The molecule has 0 aliphatic carbocycles. The maximum absolute atomic E-state index is 9.31. The molecule has 3 nitrogen and oxygen atoms in total. The van der Waals surface area contributed by atoms with Crippen molar-refractivity contribution in [3.8, 4) is 11.1 Å². The van der Waals surface area contributed by atoms with Gasteiger partial charge in [0.05, 0.1) is 11.0 Å². The average Bonchev–Trinajstić information content (AvgIpc) is 2.77. The molecule has 1 N–H and O–H groups in total. The van der Waals surface area contributed by atoms with E-state index in [1.54, 1.807) is 0 Å². The Morgan fingerprint density at radius 3 is 2.53 bits per heavy atom. The van der Waals surface area contributed by atoms with E-state index in [9.17, 15) is 5.11 Å². The fourth-order valence-electron chi connectivity index (χ4n) is 2.44. The van der Waals surface area contributed by atoms with Crippen LogP contribution in [-0.4, -0.2) is 14.7 Å². The number of hydrogen-bond acceptors (Lipinski definition) is 2. The van der Waals surface area contributed by atoms with Crippen molar-refractivity contribution in [1.82, 2.24) is 9.55 Å². The second-order valence-corrected chi connectivity index (χ2v) is 4.77. The summed E-state index contributed by atoms with van der Waals surface area (Å²) in [5.41, 5.74) is 5.53. The zero-order valence-electron chi connectivity index (χ0n) is 11.1. The van der Waals surface area contributed by atoms with E-state index in [1.165, 1.54) is 11.1 Å². The molecule has 0 spiro atoms. The highest BCUT2D eigenvalue weighted by Gasteiger charge is 2.11. The van der Waals surface area contributed by atoms with Crippen LogP contribution in [0.1, 0.15) is 11.4 Å². The molecule has 19 heavy (non-hydrogen) atoms. The first-order chi connectivity index (χ1) is 9.20. The highest BCUT2D eigenvalue weighted by Crippen LogP contribution is 2.27. The first kappa shape index (κ1) is 11.9. The number of benzene rings is 2. The van der Waals surface area contributed by atoms with Crippen molar-refractivity contribution in [3.05, 3.63) is 53.9 Å². The Morgan fingerprint density at radius 1 is 1.11 bits per heavy atom. The van der Waals surface area contributed by atoms with Gasteiger partial charge < -0.3 is 9.67 Å². The van der Waals surface area contributed by atoms with E-state index in [0.717, 1.165) is 16.6 Å². The number of rotatable bonds is 2. The maximum Gasteiger partial charge on any atom is 0.135 e. The Labute approximate surface area is 112 Å². The third-order valence-electron chi connectivity index (χ3n) is 3.52. The van der Waals surface area contributed by atoms with Gasteiger partial charge in [-0.15, -0.1) is 0 Å². The molecule has 0 amide bonds. The number of aromatic nitrogens is 2. The van der Waals surface area contributed by atoms with Crippen LogP contribution in [0, 0.1) is 6.92 Å². The van der Waals surface area contributed by atoms with Crippen molar-refractivity contribution in [2.45, 2.75) is 13.5 Å². The molecule has 3 heteroatoms. The van der Waals surface area contributed by atoms with Gasteiger partial charge in [0.1, 0.15) is 12.4 Å². The lowest BCUT2D eigenvalue weighted by molar-refractivity contribution is 0.268. The average molecular weight is 252 g/mol. The number of imidazole rings is 1. The Hall–Kier alpha value is -2.13. The second-order valence-electron chi connectivity index (χ2n) is 4.77. The zero-order chi connectivity index (χ0) is 13.4. The lowest BCUT2D eigenvalue weighted by Gasteiger charge is -2.05. The lowest BCUT2D eigenvalue weighted by atomic mass is 10.0. The van der Waals surface area contributed by atoms with Crippen LogP contribution in [0.25, 0.3) is 22.2 Å². The Balaban J connectivity index is 2.27. The van der Waals surface area contributed by atoms with E-state index in [1.807, 2.05) is 29.8 Å². The predicted molar refractivity (Wildman–Crippen MR) is 76.8 cm³/mol. The summed E-state index contributed by atoms with van der Waals surface area (Å²) >= 11 is 0. The minimum absolute atomic E-state index is 0.0364. The minimum Gasteiger partial charge on any atom is -0.388 e. The van der Waals surface area contributed by atoms with Crippen LogP contribution in [0.2, 0.25) is 0 Å². The number of aliphatic hydroxyl groups is 1. The first-order valence-corrected chi connectivity index (χ1v) is 6.33. The van der Waals surface area contributed by atoms with Gasteiger partial charge in [-0.25, -0.2) is 4.98 Å². The minimum atomic E-state index is -0.0364. The number of aryl methyl sites for hydroxylation is 2. The van der Waals surface area contributed by atoms with Gasteiger partial charge in [-0.05, 0) is 35.7 Å². The Kier molecular flexibility index (Phi) is 2.84. The number of nitrogens with zero attached hydrogens (tertiary/aromatic N) is 2. The first-order valence-electron chi connectivity index (χ1n) is 6.33. The van der Waals surface area contributed by atoms with E-state index < -0.39 is 0 Å². The molecule has 0 fully saturated rings. The molecule has 96 valence electrons. The second kappa shape index (κ2) is 4.52. The molecule has 2 aromatic carbocycles. The Bertz CT molecular complexity index is 729. The lowest BCUT2D eigenvalue weighted by Crippen LogP contribution is -1.96. The largest absolute Gasteiger partial charge is 0.388 e. The summed E-state index contributed by atoms with van der Waals surface area (Å²) < 4.78 is 1.95. The van der Waals surface area contributed by atoms with E-state index in [-0.39, 0.29) is 6.61 Å². The van der Waals surface area contributed by atoms with Crippen LogP contribution in [0.5, 0.6) is 0 Å². The van der Waals surface area contributed by atoms with Crippen molar-refractivity contribution in [2.75, 3.05) is 0 Å². The molecule has 0 aliphatic rings. The third-order valence-corrected chi connectivity index (χ3v) is 3.52. The number of aliphatic hydroxyl groups excluding tert-OH is 1. The molecular formula is C16H16N2O. The van der Waals surface area contributed by atoms with Gasteiger partial charge in [0.15, 0.2) is 0 Å². The molecular weight excluding hydrogens is 236 g/mol. The van der Waals surface area contributed by atoms with Crippen LogP contribution in [0.4, 0.5) is 0 Å². The molecule has 0 saturated carbocycles. The van der Waals surface area contributed by atoms with Gasteiger partial charge in [0.2, 0.25) is 0 Å². The standard InChI is InChI=1S/C16H16N2O/c1-11-8-13(12-6-4-3-5-7-12)9-14-16(11)17-15(10-19)18(14)2/h3-9,19H,10H2,1-2H3. The van der Waals surface area contributed by atoms with Crippen LogP contribution >= 0.6 is 0 Å². The van der Waals surface area contributed by atoms with Crippen molar-refractivity contribution < 1.29 is 5.11 Å². The number of hydrogen-bond donors (Lipinski definition) is 1. The van der Waals surface area contributed by atoms with E-state index >= 15 is 0 Å². The Morgan fingerprint density at radius 2 is 1.84 bits per heavy atom. The molecule has 0 aliphatic heterocycles. The van der Waals surface area contributed by atoms with Gasteiger partial charge in [-0.2, -0.15) is 0 Å². The quantitative estimate of drug-likeness (QED) is 0.761. The summed E-state index contributed by atoms with van der Waals surface area (Å²) in [6.45, 7) is 2.02. The molecule has 0 radical (unpaired) electrons. The van der Waals surface area contributed by atoms with Crippen LogP contribution in [-0.2, 0) is 13.7 Å². The predicted octanol–water partition coefficient (Wildman–Crippen LogP) is 3.04. The number of fused-ring (bicyclic) bond motifs is 1. The smallest absolute Gasteiger partial charge is 0.135 e. The highest BCUT2D eigenvalue weighted by molar-refractivity contribution is 5.85. The van der Waals surface area contributed by atoms with Gasteiger partial charge in [0, 0.05) is 7.05 Å². The van der Waals surface area contributed by atoms with E-state index in [2.05, 4.69) is 36.2 Å². The molecule has 3 aromatic rings. The molecule has 0 saturated heterocycles. The molecule has 3 rings (SSSR count). The van der Waals surface area contributed by atoms with Gasteiger partial charge in [0.25, 0.3) is 0 Å². The van der Waals surface area contributed by atoms with Crippen LogP contribution < -0.4 is 0 Å². The van der Waals surface area contributed by atoms with Gasteiger partial charge >= 0.3 is 0 Å². The monoisotopic (exact) mass is 252 g/mol. The summed E-state index contributed by atoms with van der Waals surface area (Å²) in [6, 6.07) is 14.6. The summed E-state index contributed by atoms with van der Waals surface area (Å²) in [4.78, 5) is 4.48. The van der Waals surface area contributed by atoms with E-state index in [4.69, 9.17) is 0 Å². The van der Waals surface area contributed by atoms with Crippen molar-refractivity contribution in [2.24, 2.45) is 7.05 Å². The molecule has 0 atom stereocenters. The van der Waals surface area contributed by atoms with Crippen LogP contribution in [0.15, 0.2) is 42.5 Å². The normalized spacial score (nSPS) is 11.1. The zero-order valence-corrected chi connectivity index (χ0v) is 11.1. The fourth-order valence-corrected chi connectivity index (χ4v) is 2.44. The van der Waals surface area contributed by atoms with Gasteiger partial charge in [-0.1, -0.05) is 30.3 Å². The molecule has 1 aromatic heterocycles. The summed E-state index contributed by atoms with van der Waals surface area (Å²) in [5.74, 6) is 0.698. The van der Waals surface area contributed by atoms with Crippen molar-refractivity contribution >= 4 is 11.0 Å². The maximum atomic E-state index is 9.31. The van der Waals surface area contributed by atoms with Crippen molar-refractivity contribution in [1.29, 1.82) is 0 Å². The molecule has 0 bridgehead atoms. The summed E-state index contributed by atoms with van der Waals surface area (Å²) in [5, 5.41) is 9.31. The van der Waals surface area contributed by atoms with E-state index in [0.29, 0.717) is 5.82 Å². The molecule has 1 heterocycles. The van der Waals surface area contributed by atoms with Gasteiger partial charge in [-0.3, -0.25) is 0 Å². The third kappa shape index (κ3) is 1.92.